The lowest BCUT2D eigenvalue weighted by molar-refractivity contribution is -0.117. The molecule has 29 heavy (non-hydrogen) atoms. The van der Waals surface area contributed by atoms with E-state index in [-0.39, 0.29) is 35.1 Å². The molecular weight excluding hydrogens is 451 g/mol. The summed E-state index contributed by atoms with van der Waals surface area (Å²) in [6.07, 6.45) is 0.181. The molecule has 152 valence electrons. The molecule has 0 aliphatic carbocycles. The van der Waals surface area contributed by atoms with E-state index in [4.69, 9.17) is 23.2 Å². The maximum absolute atomic E-state index is 12.6. The van der Waals surface area contributed by atoms with Crippen LogP contribution in [0.4, 0.5) is 5.69 Å². The van der Waals surface area contributed by atoms with Crippen LogP contribution in [0.2, 0.25) is 10.0 Å². The number of thioether (sulfide) groups is 1. The summed E-state index contributed by atoms with van der Waals surface area (Å²) >= 11 is 13.7. The number of nitrogens with zero attached hydrogens (tertiary/aromatic N) is 2. The Bertz CT molecular complexity index is 1100. The van der Waals surface area contributed by atoms with E-state index in [2.05, 4.69) is 4.99 Å². The number of sulfone groups is 1. The Morgan fingerprint density at radius 3 is 2.59 bits per heavy atom. The van der Waals surface area contributed by atoms with Gasteiger partial charge >= 0.3 is 0 Å². The highest BCUT2D eigenvalue weighted by Gasteiger charge is 2.49. The quantitative estimate of drug-likeness (QED) is 0.676. The third-order valence-electron chi connectivity index (χ3n) is 4.93. The molecule has 0 bridgehead atoms. The number of carbonyl (C=O) groups is 1. The number of halogens is 2. The van der Waals surface area contributed by atoms with Gasteiger partial charge in [-0.15, -0.1) is 0 Å². The van der Waals surface area contributed by atoms with Crippen LogP contribution in [-0.2, 0) is 21.1 Å². The predicted octanol–water partition coefficient (Wildman–Crippen LogP) is 4.15. The molecule has 2 aliphatic heterocycles. The molecule has 2 saturated heterocycles. The Morgan fingerprint density at radius 1 is 1.17 bits per heavy atom. The van der Waals surface area contributed by atoms with Crippen molar-refractivity contribution in [2.45, 2.75) is 24.6 Å². The largest absolute Gasteiger partial charge is 0.314 e. The van der Waals surface area contributed by atoms with E-state index in [1.54, 1.807) is 23.1 Å². The smallest absolute Gasteiger partial charge is 0.252 e. The SMILES string of the molecule is Cc1ccc(CC(=O)N=C2S[C@H]3CS(=O)(=O)C[C@H]3N2c2ccc(Cl)cc2Cl)cc1. The van der Waals surface area contributed by atoms with Gasteiger partial charge in [-0.25, -0.2) is 8.42 Å². The monoisotopic (exact) mass is 468 g/mol. The molecule has 0 unspecified atom stereocenters. The second kappa shape index (κ2) is 7.95. The van der Waals surface area contributed by atoms with Gasteiger partial charge in [-0.05, 0) is 30.7 Å². The summed E-state index contributed by atoms with van der Waals surface area (Å²) < 4.78 is 24.3. The van der Waals surface area contributed by atoms with Gasteiger partial charge in [0, 0.05) is 10.3 Å². The van der Waals surface area contributed by atoms with Crippen molar-refractivity contribution in [1.82, 2.24) is 0 Å². The number of hydrogen-bond donors (Lipinski definition) is 0. The lowest BCUT2D eigenvalue weighted by atomic mass is 10.1. The Hall–Kier alpha value is -1.54. The second-order valence-electron chi connectivity index (χ2n) is 7.22. The maximum Gasteiger partial charge on any atom is 0.252 e. The first-order chi connectivity index (χ1) is 13.7. The van der Waals surface area contributed by atoms with Gasteiger partial charge in [0.25, 0.3) is 5.91 Å². The van der Waals surface area contributed by atoms with Crippen molar-refractivity contribution < 1.29 is 13.2 Å². The Kier molecular flexibility index (Phi) is 5.68. The molecule has 0 saturated carbocycles. The van der Waals surface area contributed by atoms with Gasteiger partial charge in [0.1, 0.15) is 0 Å². The molecule has 2 aromatic carbocycles. The maximum atomic E-state index is 12.6. The first-order valence-electron chi connectivity index (χ1n) is 9.00. The average Bonchev–Trinajstić information content (AvgIpc) is 3.08. The number of anilines is 1. The number of benzene rings is 2. The van der Waals surface area contributed by atoms with E-state index in [1.807, 2.05) is 31.2 Å². The van der Waals surface area contributed by atoms with E-state index >= 15 is 0 Å². The van der Waals surface area contributed by atoms with Crippen LogP contribution < -0.4 is 4.90 Å². The van der Waals surface area contributed by atoms with Gasteiger partial charge in [0.05, 0.1) is 34.7 Å². The number of rotatable bonds is 3. The standard InChI is InChI=1S/C20H18Cl2N2O3S2/c1-12-2-4-13(5-3-12)8-19(25)23-20-24(16-7-6-14(21)9-15(16)22)17-10-29(26,27)11-18(17)28-20/h2-7,9,17-18H,8,10-11H2,1H3/t17-,18+/m1/s1. The fourth-order valence-electron chi connectivity index (χ4n) is 3.55. The Morgan fingerprint density at radius 2 is 1.90 bits per heavy atom. The van der Waals surface area contributed by atoms with Crippen molar-refractivity contribution in [2.75, 3.05) is 16.4 Å². The van der Waals surface area contributed by atoms with Crippen molar-refractivity contribution in [2.24, 2.45) is 4.99 Å². The van der Waals surface area contributed by atoms with Gasteiger partial charge in [-0.2, -0.15) is 4.99 Å². The number of aliphatic imine (C=N–C) groups is 1. The molecule has 0 N–H and O–H groups in total. The van der Waals surface area contributed by atoms with E-state index < -0.39 is 9.84 Å². The molecule has 2 aliphatic rings. The minimum absolute atomic E-state index is 0.00872. The molecule has 4 rings (SSSR count). The first-order valence-corrected chi connectivity index (χ1v) is 12.5. The Labute approximate surface area is 184 Å². The normalized spacial score (nSPS) is 24.1. The zero-order valence-corrected chi connectivity index (χ0v) is 18.7. The number of amidine groups is 1. The van der Waals surface area contributed by atoms with Crippen molar-refractivity contribution in [3.05, 3.63) is 63.6 Å². The van der Waals surface area contributed by atoms with Crippen LogP contribution >= 0.6 is 35.0 Å². The van der Waals surface area contributed by atoms with E-state index in [9.17, 15) is 13.2 Å². The van der Waals surface area contributed by atoms with Crippen LogP contribution in [0.25, 0.3) is 0 Å². The molecule has 0 radical (unpaired) electrons. The third-order valence-corrected chi connectivity index (χ3v) is 8.68. The van der Waals surface area contributed by atoms with E-state index in [0.717, 1.165) is 11.1 Å². The Balaban J connectivity index is 1.66. The summed E-state index contributed by atoms with van der Waals surface area (Å²) in [7, 11) is -3.14. The van der Waals surface area contributed by atoms with Gasteiger partial charge in [0.2, 0.25) is 0 Å². The average molecular weight is 469 g/mol. The van der Waals surface area contributed by atoms with Crippen molar-refractivity contribution in [3.63, 3.8) is 0 Å². The lowest BCUT2D eigenvalue weighted by Gasteiger charge is -2.25. The van der Waals surface area contributed by atoms with Crippen LogP contribution in [0.1, 0.15) is 11.1 Å². The minimum atomic E-state index is -3.14. The minimum Gasteiger partial charge on any atom is -0.314 e. The number of aryl methyl sites for hydroxylation is 1. The highest BCUT2D eigenvalue weighted by molar-refractivity contribution is 8.16. The van der Waals surface area contributed by atoms with Gasteiger partial charge in [-0.1, -0.05) is 64.8 Å². The summed E-state index contributed by atoms with van der Waals surface area (Å²) in [4.78, 5) is 18.7. The molecule has 0 spiro atoms. The summed E-state index contributed by atoms with van der Waals surface area (Å²) in [5, 5.41) is 1.17. The number of hydrogen-bond acceptors (Lipinski definition) is 4. The summed E-state index contributed by atoms with van der Waals surface area (Å²) in [5.41, 5.74) is 2.61. The molecule has 2 aromatic rings. The van der Waals surface area contributed by atoms with Crippen molar-refractivity contribution >= 4 is 61.6 Å². The van der Waals surface area contributed by atoms with E-state index in [1.165, 1.54) is 11.8 Å². The number of carbonyl (C=O) groups excluding carboxylic acids is 1. The molecule has 5 nitrogen and oxygen atoms in total. The van der Waals surface area contributed by atoms with Crippen LogP contribution in [0, 0.1) is 6.92 Å². The molecule has 1 amide bonds. The zero-order chi connectivity index (χ0) is 20.8. The van der Waals surface area contributed by atoms with Crippen molar-refractivity contribution in [1.29, 1.82) is 0 Å². The van der Waals surface area contributed by atoms with E-state index in [0.29, 0.717) is 20.9 Å². The highest BCUT2D eigenvalue weighted by atomic mass is 35.5. The topological polar surface area (TPSA) is 66.8 Å². The molecular formula is C20H18Cl2N2O3S2. The molecule has 9 heteroatoms. The summed E-state index contributed by atoms with van der Waals surface area (Å²) in [6.45, 7) is 1.99. The summed E-state index contributed by atoms with van der Waals surface area (Å²) in [6, 6.07) is 12.4. The van der Waals surface area contributed by atoms with Crippen LogP contribution in [0.5, 0.6) is 0 Å². The molecule has 0 aromatic heterocycles. The van der Waals surface area contributed by atoms with Gasteiger partial charge < -0.3 is 4.90 Å². The van der Waals surface area contributed by atoms with Crippen molar-refractivity contribution in [3.8, 4) is 0 Å². The highest BCUT2D eigenvalue weighted by Crippen LogP contribution is 2.43. The van der Waals surface area contributed by atoms with Crippen LogP contribution in [0.3, 0.4) is 0 Å². The predicted molar refractivity (Wildman–Crippen MR) is 120 cm³/mol. The van der Waals surface area contributed by atoms with Gasteiger partial charge in [-0.3, -0.25) is 4.79 Å². The third kappa shape index (κ3) is 4.48. The lowest BCUT2D eigenvalue weighted by Crippen LogP contribution is -2.38. The molecule has 2 fully saturated rings. The second-order valence-corrected chi connectivity index (χ2v) is 11.4. The zero-order valence-electron chi connectivity index (χ0n) is 15.5. The molecule has 2 heterocycles. The fourth-order valence-corrected chi connectivity index (χ4v) is 7.97. The first kappa shape index (κ1) is 20.7. The fraction of sp³-hybridized carbons (Fsp3) is 0.300. The number of amides is 1. The van der Waals surface area contributed by atoms with Gasteiger partial charge in [0.15, 0.2) is 15.0 Å². The summed E-state index contributed by atoms with van der Waals surface area (Å²) in [5.74, 6) is -0.210. The molecule has 2 atom stereocenters. The van der Waals surface area contributed by atoms with Crippen LogP contribution in [-0.4, -0.2) is 42.3 Å². The van der Waals surface area contributed by atoms with Crippen LogP contribution in [0.15, 0.2) is 47.5 Å². The number of fused-ring (bicyclic) bond motifs is 1.